The van der Waals surface area contributed by atoms with Crippen LogP contribution in [0.2, 0.25) is 0 Å². The number of carboxylic acids is 1. The molecule has 1 saturated heterocycles. The molecule has 3 aromatic rings. The molecule has 0 radical (unpaired) electrons. The van der Waals surface area contributed by atoms with Crippen molar-refractivity contribution in [3.05, 3.63) is 41.9 Å². The molecule has 3 saturated carbocycles. The molecule has 4 fully saturated rings. The third-order valence-corrected chi connectivity index (χ3v) is 12.1. The van der Waals surface area contributed by atoms with Gasteiger partial charge in [-0.1, -0.05) is 6.92 Å². The minimum atomic E-state index is -5.15. The Kier molecular flexibility index (Phi) is 10.5. The van der Waals surface area contributed by atoms with Crippen molar-refractivity contribution >= 4 is 22.8 Å². The number of piperidine rings is 1. The first-order valence-electron chi connectivity index (χ1n) is 18.8. The Bertz CT molecular complexity index is 1950. The number of ether oxygens (including phenoxy) is 1. The van der Waals surface area contributed by atoms with Gasteiger partial charge in [-0.25, -0.2) is 32.3 Å². The summed E-state index contributed by atoms with van der Waals surface area (Å²) in [6, 6.07) is 4.21. The van der Waals surface area contributed by atoms with E-state index < -0.39 is 96.4 Å². The molecule has 3 heterocycles. The highest BCUT2D eigenvalue weighted by Crippen LogP contribution is 2.51. The molecule has 306 valence electrons. The molecule has 18 heteroatoms. The Morgan fingerprint density at radius 2 is 1.73 bits per heavy atom. The zero-order valence-electron chi connectivity index (χ0n) is 30.4. The number of nitrogens with one attached hydrogen (secondary N) is 1. The van der Waals surface area contributed by atoms with E-state index in [0.717, 1.165) is 12.6 Å². The number of alkyl halides is 9. The quantitative estimate of drug-likeness (QED) is 0.198. The van der Waals surface area contributed by atoms with Crippen LogP contribution in [-0.4, -0.2) is 86.0 Å². The number of aliphatic carboxylic acids is 1. The van der Waals surface area contributed by atoms with Gasteiger partial charge in [-0.3, -0.25) is 9.69 Å². The van der Waals surface area contributed by atoms with E-state index >= 15 is 0 Å². The third kappa shape index (κ3) is 7.90. The lowest BCUT2D eigenvalue weighted by molar-refractivity contribution is -0.146. The Morgan fingerprint density at radius 3 is 2.38 bits per heavy atom. The fourth-order valence-corrected chi connectivity index (χ4v) is 9.40. The summed E-state index contributed by atoms with van der Waals surface area (Å²) in [6.07, 6.45) is -5.51. The molecular weight excluding hydrogens is 761 g/mol. The number of aromatic nitrogens is 3. The van der Waals surface area contributed by atoms with E-state index in [-0.39, 0.29) is 62.6 Å². The Morgan fingerprint density at radius 1 is 1.04 bits per heavy atom. The minimum Gasteiger partial charge on any atom is -0.490 e. The highest BCUT2D eigenvalue weighted by atomic mass is 19.4. The van der Waals surface area contributed by atoms with Crippen molar-refractivity contribution in [3.8, 4) is 17.1 Å². The summed E-state index contributed by atoms with van der Waals surface area (Å²) in [5, 5.41) is 13.1. The maximum atomic E-state index is 14.7. The first-order valence-corrected chi connectivity index (χ1v) is 18.8. The number of likely N-dealkylation sites (tertiary alicyclic amines) is 1. The molecule has 2 aromatic heterocycles. The maximum Gasteiger partial charge on any atom is 0.434 e. The number of hydrogen-bond acceptors (Lipinski definition) is 6. The molecule has 9 nitrogen and oxygen atoms in total. The highest BCUT2D eigenvalue weighted by molar-refractivity contribution is 6.00. The predicted octanol–water partition coefficient (Wildman–Crippen LogP) is 8.62. The summed E-state index contributed by atoms with van der Waals surface area (Å²) in [5.41, 5.74) is -3.70. The number of nitrogens with zero attached hydrogens (tertiary/aromatic N) is 4. The summed E-state index contributed by atoms with van der Waals surface area (Å²) in [5.74, 6) is -9.94. The molecule has 1 amide bonds. The largest absolute Gasteiger partial charge is 0.490 e. The van der Waals surface area contributed by atoms with Crippen molar-refractivity contribution in [1.29, 1.82) is 0 Å². The summed E-state index contributed by atoms with van der Waals surface area (Å²) in [4.78, 5) is 35.4. The molecule has 56 heavy (non-hydrogen) atoms. The first kappa shape index (κ1) is 40.1. The van der Waals surface area contributed by atoms with Crippen LogP contribution in [0.5, 0.6) is 5.75 Å². The van der Waals surface area contributed by atoms with Crippen LogP contribution in [0.3, 0.4) is 0 Å². The number of hydrogen-bond donors (Lipinski definition) is 2. The topological polar surface area (TPSA) is 110 Å². The van der Waals surface area contributed by atoms with E-state index in [2.05, 4.69) is 15.3 Å². The average Bonchev–Trinajstić information content (AvgIpc) is 3.62. The van der Waals surface area contributed by atoms with Gasteiger partial charge in [0.25, 0.3) is 5.91 Å². The second-order valence-corrected chi connectivity index (χ2v) is 16.1. The Labute approximate surface area is 316 Å². The molecule has 4 aliphatic rings. The van der Waals surface area contributed by atoms with E-state index in [0.29, 0.717) is 29.5 Å². The molecule has 4 unspecified atom stereocenters. The average molecular weight is 804 g/mol. The lowest BCUT2D eigenvalue weighted by Gasteiger charge is -2.34. The predicted molar refractivity (Wildman–Crippen MR) is 184 cm³/mol. The van der Waals surface area contributed by atoms with Crippen molar-refractivity contribution in [2.24, 2.45) is 17.8 Å². The number of fused-ring (bicyclic) bond motifs is 3. The van der Waals surface area contributed by atoms with E-state index in [9.17, 15) is 54.2 Å². The van der Waals surface area contributed by atoms with Gasteiger partial charge in [0.05, 0.1) is 17.6 Å². The first-order chi connectivity index (χ1) is 26.2. The zero-order chi connectivity index (χ0) is 40.4. The van der Waals surface area contributed by atoms with E-state index in [1.165, 1.54) is 11.1 Å². The van der Waals surface area contributed by atoms with Gasteiger partial charge in [0, 0.05) is 61.4 Å². The van der Waals surface area contributed by atoms with Gasteiger partial charge in [-0.2, -0.15) is 22.0 Å². The molecule has 2 N–H and O–H groups in total. The molecule has 0 spiro atoms. The lowest BCUT2D eigenvalue weighted by atomic mass is 9.78. The van der Waals surface area contributed by atoms with Crippen molar-refractivity contribution in [2.75, 3.05) is 19.6 Å². The number of amides is 1. The van der Waals surface area contributed by atoms with Crippen molar-refractivity contribution in [3.63, 3.8) is 0 Å². The summed E-state index contributed by atoms with van der Waals surface area (Å²) < 4.78 is 133. The van der Waals surface area contributed by atoms with Crippen molar-refractivity contribution in [1.82, 2.24) is 24.8 Å². The molecule has 1 aromatic carbocycles. The van der Waals surface area contributed by atoms with Gasteiger partial charge in [0.15, 0.2) is 11.5 Å². The summed E-state index contributed by atoms with van der Waals surface area (Å²) >= 11 is 0. The van der Waals surface area contributed by atoms with Gasteiger partial charge in [0.1, 0.15) is 17.4 Å². The molecule has 7 rings (SSSR count). The smallest absolute Gasteiger partial charge is 0.434 e. The minimum absolute atomic E-state index is 0.00781. The van der Waals surface area contributed by atoms with E-state index in [4.69, 9.17) is 4.74 Å². The standard InChI is InChI=1S/C38H42F9N5O4/c1-20-12-21-14-22(13-20)36(16-21,34(54)55)50-32(53)27-17-48-31(49-30(27)38(45,46)47)28-18-52(23-4-8-35(41,42)9-5-23)29-15-25(2-3-26(28)29)56-24-6-10-51(11-7-24)19-37(43,44)33(39)40/h2-3,15,17-18,20-24,33H,4-14,16,19H2,1H3,(H,50,53)(H,54,55). The number of benzene rings is 1. The number of halogens is 9. The lowest BCUT2D eigenvalue weighted by Crippen LogP contribution is -2.57. The van der Waals surface area contributed by atoms with Gasteiger partial charge in [0.2, 0.25) is 5.92 Å². The van der Waals surface area contributed by atoms with Crippen LogP contribution in [-0.2, 0) is 11.0 Å². The van der Waals surface area contributed by atoms with E-state index in [1.807, 2.05) is 6.92 Å². The Hall–Kier alpha value is -4.09. The molecular formula is C38H42F9N5O4. The van der Waals surface area contributed by atoms with Gasteiger partial charge in [-0.15, -0.1) is 0 Å². The van der Waals surface area contributed by atoms with Crippen LogP contribution in [0.15, 0.2) is 30.6 Å². The number of rotatable bonds is 10. The molecule has 4 atom stereocenters. The number of carbonyl (C=O) groups excluding carboxylic acids is 1. The van der Waals surface area contributed by atoms with Crippen molar-refractivity contribution < 1.29 is 58.9 Å². The second kappa shape index (κ2) is 14.7. The van der Waals surface area contributed by atoms with Crippen LogP contribution in [0, 0.1) is 17.8 Å². The van der Waals surface area contributed by atoms with Crippen LogP contribution < -0.4 is 10.1 Å². The number of carbonyl (C=O) groups is 2. The van der Waals surface area contributed by atoms with Crippen molar-refractivity contribution in [2.45, 2.75) is 113 Å². The van der Waals surface area contributed by atoms with Crippen LogP contribution in [0.1, 0.15) is 93.2 Å². The summed E-state index contributed by atoms with van der Waals surface area (Å²) in [6.45, 7) is 1.04. The fourth-order valence-electron chi connectivity index (χ4n) is 9.40. The normalized spacial score (nSPS) is 26.5. The zero-order valence-corrected chi connectivity index (χ0v) is 30.4. The molecule has 2 bridgehead atoms. The Balaban J connectivity index is 1.19. The third-order valence-electron chi connectivity index (χ3n) is 12.1. The van der Waals surface area contributed by atoms with Crippen LogP contribution in [0.4, 0.5) is 39.5 Å². The SMILES string of the molecule is CC1CC2CC(C1)C(NC(=O)c1cnc(-c3cn(C4CCC(F)(F)CC4)c4cc(OC5CCN(CC(F)(F)C(F)F)CC5)ccc34)nc1C(F)(F)F)(C(=O)O)C2. The molecule has 1 aliphatic heterocycles. The van der Waals surface area contributed by atoms with Gasteiger partial charge in [-0.05, 0) is 81.3 Å². The second-order valence-electron chi connectivity index (χ2n) is 16.1. The fraction of sp³-hybridized carbons (Fsp3) is 0.632. The van der Waals surface area contributed by atoms with E-state index in [1.54, 1.807) is 22.8 Å². The monoisotopic (exact) mass is 803 g/mol. The molecule has 3 aliphatic carbocycles. The van der Waals surface area contributed by atoms with Crippen LogP contribution in [0.25, 0.3) is 22.3 Å². The van der Waals surface area contributed by atoms with Gasteiger partial charge >= 0.3 is 24.5 Å². The maximum absolute atomic E-state index is 14.7. The highest BCUT2D eigenvalue weighted by Gasteiger charge is 2.56. The number of carboxylic acid groups (broad SMARTS) is 1. The van der Waals surface area contributed by atoms with Crippen LogP contribution >= 0.6 is 0 Å². The summed E-state index contributed by atoms with van der Waals surface area (Å²) in [7, 11) is 0. The van der Waals surface area contributed by atoms with Gasteiger partial charge < -0.3 is 19.7 Å².